The summed E-state index contributed by atoms with van der Waals surface area (Å²) >= 11 is 9.54. The first-order valence-electron chi connectivity index (χ1n) is 6.16. The van der Waals surface area contributed by atoms with Gasteiger partial charge in [0.15, 0.2) is 6.29 Å². The maximum Gasteiger partial charge on any atom is 0.153 e. The lowest BCUT2D eigenvalue weighted by atomic mass is 10.2. The molecule has 0 atom stereocenters. The highest BCUT2D eigenvalue weighted by molar-refractivity contribution is 9.10. The van der Waals surface area contributed by atoms with Gasteiger partial charge in [-0.2, -0.15) is 5.10 Å². The fourth-order valence-electron chi connectivity index (χ4n) is 1.90. The molecule has 0 fully saturated rings. The van der Waals surface area contributed by atoms with Crippen LogP contribution >= 0.6 is 27.5 Å². The molecule has 20 heavy (non-hydrogen) atoms. The van der Waals surface area contributed by atoms with E-state index in [-0.39, 0.29) is 6.61 Å². The fourth-order valence-corrected chi connectivity index (χ4v) is 2.46. The van der Waals surface area contributed by atoms with E-state index >= 15 is 0 Å². The number of nitrogens with zero attached hydrogens (tertiary/aromatic N) is 2. The Hall–Kier alpha value is -1.33. The van der Waals surface area contributed by atoms with Crippen molar-refractivity contribution >= 4 is 33.8 Å². The molecule has 0 saturated heterocycles. The summed E-state index contributed by atoms with van der Waals surface area (Å²) in [6.45, 7) is 4.83. The zero-order valence-electron chi connectivity index (χ0n) is 11.2. The summed E-state index contributed by atoms with van der Waals surface area (Å²) in [5, 5.41) is 4.93. The van der Waals surface area contributed by atoms with Gasteiger partial charge in [0.05, 0.1) is 22.0 Å². The average molecular weight is 358 g/mol. The monoisotopic (exact) mass is 356 g/mol. The smallest absolute Gasteiger partial charge is 0.153 e. The molecule has 0 saturated carbocycles. The maximum absolute atomic E-state index is 11.0. The quantitative estimate of drug-likeness (QED) is 0.759. The number of aldehydes is 1. The Labute approximate surface area is 130 Å². The first kappa shape index (κ1) is 15.1. The molecule has 4 nitrogen and oxygen atoms in total. The summed E-state index contributed by atoms with van der Waals surface area (Å²) in [5.74, 6) is 0.528. The van der Waals surface area contributed by atoms with E-state index in [1.807, 2.05) is 19.9 Å². The number of halogens is 2. The van der Waals surface area contributed by atoms with Crippen LogP contribution in [0.5, 0.6) is 5.75 Å². The van der Waals surface area contributed by atoms with Crippen molar-refractivity contribution in [3.8, 4) is 5.75 Å². The molecule has 2 rings (SSSR count). The van der Waals surface area contributed by atoms with E-state index in [2.05, 4.69) is 21.0 Å². The van der Waals surface area contributed by atoms with Crippen LogP contribution in [-0.4, -0.2) is 16.1 Å². The van der Waals surface area contributed by atoms with Gasteiger partial charge in [0.25, 0.3) is 0 Å². The van der Waals surface area contributed by atoms with Gasteiger partial charge in [0.1, 0.15) is 12.4 Å². The second-order valence-electron chi connectivity index (χ2n) is 4.25. The summed E-state index contributed by atoms with van der Waals surface area (Å²) in [7, 11) is 0. The number of carbonyl (C=O) groups excluding carboxylic acids is 1. The number of ether oxygens (including phenoxy) is 1. The van der Waals surface area contributed by atoms with Crippen molar-refractivity contribution < 1.29 is 9.53 Å². The Morgan fingerprint density at radius 3 is 2.90 bits per heavy atom. The van der Waals surface area contributed by atoms with Gasteiger partial charge in [0.2, 0.25) is 0 Å². The second kappa shape index (κ2) is 6.41. The molecule has 0 N–H and O–H groups in total. The van der Waals surface area contributed by atoms with Crippen LogP contribution in [0.1, 0.15) is 28.7 Å². The zero-order valence-corrected chi connectivity index (χ0v) is 13.5. The first-order chi connectivity index (χ1) is 9.56. The Morgan fingerprint density at radius 1 is 1.50 bits per heavy atom. The number of rotatable bonds is 5. The van der Waals surface area contributed by atoms with Gasteiger partial charge in [-0.05, 0) is 32.0 Å². The summed E-state index contributed by atoms with van der Waals surface area (Å²) in [4.78, 5) is 11.0. The van der Waals surface area contributed by atoms with Crippen molar-refractivity contribution in [1.29, 1.82) is 0 Å². The lowest BCUT2D eigenvalue weighted by Crippen LogP contribution is -2.07. The van der Waals surface area contributed by atoms with Crippen LogP contribution in [0, 0.1) is 6.92 Å². The molecule has 0 unspecified atom stereocenters. The van der Waals surface area contributed by atoms with Crippen LogP contribution in [0.2, 0.25) is 5.02 Å². The molecule has 106 valence electrons. The predicted molar refractivity (Wildman–Crippen MR) is 81.5 cm³/mol. The van der Waals surface area contributed by atoms with Crippen LogP contribution in [0.3, 0.4) is 0 Å². The van der Waals surface area contributed by atoms with E-state index in [1.54, 1.807) is 16.8 Å². The second-order valence-corrected chi connectivity index (χ2v) is 5.54. The van der Waals surface area contributed by atoms with E-state index in [4.69, 9.17) is 16.3 Å². The van der Waals surface area contributed by atoms with Crippen molar-refractivity contribution in [3.05, 3.63) is 44.6 Å². The Balaban J connectivity index is 2.23. The fraction of sp³-hybridized carbons (Fsp3) is 0.286. The van der Waals surface area contributed by atoms with Crippen molar-refractivity contribution in [3.63, 3.8) is 0 Å². The van der Waals surface area contributed by atoms with E-state index < -0.39 is 0 Å². The average Bonchev–Trinajstić information content (AvgIpc) is 2.72. The summed E-state index contributed by atoms with van der Waals surface area (Å²) in [6.07, 6.45) is 0.768. The highest BCUT2D eigenvalue weighted by Crippen LogP contribution is 2.25. The number of aryl methyl sites for hydroxylation is 2. The minimum atomic E-state index is 0.274. The third-order valence-corrected chi connectivity index (χ3v) is 3.90. The van der Waals surface area contributed by atoms with Crippen LogP contribution in [-0.2, 0) is 13.2 Å². The molecule has 0 aliphatic carbocycles. The molecule has 2 aromatic rings. The largest absolute Gasteiger partial charge is 0.487 e. The Kier molecular flexibility index (Phi) is 4.83. The van der Waals surface area contributed by atoms with Crippen LogP contribution in [0.25, 0.3) is 0 Å². The van der Waals surface area contributed by atoms with Crippen LogP contribution in [0.15, 0.2) is 22.7 Å². The van der Waals surface area contributed by atoms with Gasteiger partial charge in [0, 0.05) is 11.0 Å². The summed E-state index contributed by atoms with van der Waals surface area (Å²) in [6, 6.07) is 5.29. The van der Waals surface area contributed by atoms with Crippen LogP contribution < -0.4 is 4.74 Å². The molecule has 1 heterocycles. The third kappa shape index (κ3) is 3.04. The normalized spacial score (nSPS) is 10.6. The number of hydrogen-bond acceptors (Lipinski definition) is 3. The number of hydrogen-bond donors (Lipinski definition) is 0. The number of aromatic nitrogens is 2. The molecule has 0 radical (unpaired) electrons. The van der Waals surface area contributed by atoms with Gasteiger partial charge < -0.3 is 4.74 Å². The molecule has 1 aromatic carbocycles. The van der Waals surface area contributed by atoms with Gasteiger partial charge in [-0.25, -0.2) is 0 Å². The van der Waals surface area contributed by atoms with Crippen LogP contribution in [0.4, 0.5) is 0 Å². The SMILES string of the molecule is CCn1nc(C)c(Cl)c1COc1ccc(Br)cc1C=O. The third-order valence-electron chi connectivity index (χ3n) is 2.92. The van der Waals surface area contributed by atoms with Gasteiger partial charge in [-0.15, -0.1) is 0 Å². The Bertz CT molecular complexity index is 640. The minimum Gasteiger partial charge on any atom is -0.487 e. The highest BCUT2D eigenvalue weighted by Gasteiger charge is 2.14. The molecule has 0 aliphatic rings. The van der Waals surface area contributed by atoms with Crippen molar-refractivity contribution in [1.82, 2.24) is 9.78 Å². The molecule has 0 bridgehead atoms. The van der Waals surface area contributed by atoms with E-state index in [0.29, 0.717) is 22.9 Å². The molecule has 0 spiro atoms. The van der Waals surface area contributed by atoms with Gasteiger partial charge in [-0.3, -0.25) is 9.48 Å². The van der Waals surface area contributed by atoms with Gasteiger partial charge in [-0.1, -0.05) is 27.5 Å². The number of benzene rings is 1. The molecule has 0 aliphatic heterocycles. The van der Waals surface area contributed by atoms with E-state index in [0.717, 1.165) is 22.1 Å². The lowest BCUT2D eigenvalue weighted by molar-refractivity contribution is 0.111. The lowest BCUT2D eigenvalue weighted by Gasteiger charge is -2.10. The maximum atomic E-state index is 11.0. The van der Waals surface area contributed by atoms with E-state index in [1.165, 1.54) is 0 Å². The van der Waals surface area contributed by atoms with Crippen molar-refractivity contribution in [2.45, 2.75) is 27.0 Å². The molecule has 6 heteroatoms. The molecule has 1 aromatic heterocycles. The Morgan fingerprint density at radius 2 is 2.25 bits per heavy atom. The van der Waals surface area contributed by atoms with E-state index in [9.17, 15) is 4.79 Å². The van der Waals surface area contributed by atoms with Gasteiger partial charge >= 0.3 is 0 Å². The molecule has 0 amide bonds. The minimum absolute atomic E-state index is 0.274. The topological polar surface area (TPSA) is 44.1 Å². The molecular weight excluding hydrogens is 344 g/mol. The van der Waals surface area contributed by atoms with Crippen molar-refractivity contribution in [2.75, 3.05) is 0 Å². The standard InChI is InChI=1S/C14H14BrClN2O2/c1-3-18-12(14(16)9(2)17-18)8-20-13-5-4-11(15)6-10(13)7-19/h4-7H,3,8H2,1-2H3. The number of carbonyl (C=O) groups is 1. The molecular formula is C14H14BrClN2O2. The highest BCUT2D eigenvalue weighted by atomic mass is 79.9. The summed E-state index contributed by atoms with van der Waals surface area (Å²) < 4.78 is 8.34. The summed E-state index contributed by atoms with van der Waals surface area (Å²) in [5.41, 5.74) is 2.08. The van der Waals surface area contributed by atoms with Crippen molar-refractivity contribution in [2.24, 2.45) is 0 Å². The zero-order chi connectivity index (χ0) is 14.7. The first-order valence-corrected chi connectivity index (χ1v) is 7.33. The predicted octanol–water partition coefficient (Wildman–Crippen LogP) is 4.02.